The first-order valence-corrected chi connectivity index (χ1v) is 12.4. The average molecular weight is 483 g/mol. The molecule has 180 valence electrons. The number of likely N-dealkylation sites (tertiary alicyclic amines) is 1. The lowest BCUT2D eigenvalue weighted by atomic mass is 10.1. The Morgan fingerprint density at radius 3 is 2.47 bits per heavy atom. The fourth-order valence-corrected chi connectivity index (χ4v) is 5.52. The number of carbonyl (C=O) groups is 3. The van der Waals surface area contributed by atoms with E-state index in [-0.39, 0.29) is 30.2 Å². The number of aliphatic imine (C=N–C) groups is 1. The van der Waals surface area contributed by atoms with Gasteiger partial charge in [0.2, 0.25) is 5.91 Å². The number of amidine groups is 1. The van der Waals surface area contributed by atoms with Crippen molar-refractivity contribution < 1.29 is 14.4 Å². The van der Waals surface area contributed by atoms with Crippen molar-refractivity contribution in [1.29, 1.82) is 0 Å². The van der Waals surface area contributed by atoms with Crippen LogP contribution in [0.25, 0.3) is 0 Å². The second-order valence-corrected chi connectivity index (χ2v) is 9.94. The molecule has 0 aliphatic carbocycles. The van der Waals surface area contributed by atoms with Gasteiger partial charge in [0, 0.05) is 49.1 Å². The van der Waals surface area contributed by atoms with Crippen LogP contribution in [-0.2, 0) is 16.6 Å². The number of anilines is 1. The maximum Gasteiger partial charge on any atom is 0.262 e. The third kappa shape index (κ3) is 5.16. The van der Waals surface area contributed by atoms with Crippen molar-refractivity contribution in [2.45, 2.75) is 51.3 Å². The molecule has 0 spiro atoms. The molecule has 0 saturated carbocycles. The maximum atomic E-state index is 12.7. The monoisotopic (exact) mass is 482 g/mol. The van der Waals surface area contributed by atoms with Gasteiger partial charge in [-0.2, -0.15) is 10.1 Å². The summed E-state index contributed by atoms with van der Waals surface area (Å²) in [6.45, 7) is 7.67. The van der Waals surface area contributed by atoms with Gasteiger partial charge in [-0.3, -0.25) is 19.1 Å². The highest BCUT2D eigenvalue weighted by Crippen LogP contribution is 2.29. The zero-order valence-electron chi connectivity index (χ0n) is 19.9. The van der Waals surface area contributed by atoms with Crippen molar-refractivity contribution in [1.82, 2.24) is 20.0 Å². The smallest absolute Gasteiger partial charge is 0.262 e. The van der Waals surface area contributed by atoms with Crippen molar-refractivity contribution in [3.8, 4) is 0 Å². The predicted molar refractivity (Wildman–Crippen MR) is 133 cm³/mol. The lowest BCUT2D eigenvalue weighted by molar-refractivity contribution is -0.121. The number of carbonyl (C=O) groups excluding carboxylic acids is 3. The Bertz CT molecular complexity index is 1130. The largest absolute Gasteiger partial charge is 0.351 e. The molecular formula is C24H30N6O3S. The Hall–Kier alpha value is -3.14. The highest BCUT2D eigenvalue weighted by Gasteiger charge is 2.33. The molecule has 1 aromatic carbocycles. The molecule has 2 N–H and O–H groups in total. The van der Waals surface area contributed by atoms with Gasteiger partial charge in [0.1, 0.15) is 5.25 Å². The van der Waals surface area contributed by atoms with Crippen LogP contribution in [-0.4, -0.2) is 55.9 Å². The molecule has 0 bridgehead atoms. The summed E-state index contributed by atoms with van der Waals surface area (Å²) in [5.41, 5.74) is 3.98. The third-order valence-corrected chi connectivity index (χ3v) is 7.47. The first-order chi connectivity index (χ1) is 16.2. The van der Waals surface area contributed by atoms with Gasteiger partial charge < -0.3 is 15.5 Å². The average Bonchev–Trinajstić information content (AvgIpc) is 3.49. The van der Waals surface area contributed by atoms with Gasteiger partial charge in [-0.1, -0.05) is 11.8 Å². The molecule has 1 aromatic heterocycles. The Labute approximate surface area is 203 Å². The molecule has 4 rings (SSSR count). The summed E-state index contributed by atoms with van der Waals surface area (Å²) in [6, 6.07) is 6.53. The normalized spacial score (nSPS) is 18.7. The van der Waals surface area contributed by atoms with Crippen molar-refractivity contribution in [3.05, 3.63) is 46.8 Å². The number of hydrogen-bond acceptors (Lipinski definition) is 6. The zero-order chi connectivity index (χ0) is 24.4. The Morgan fingerprint density at radius 2 is 1.85 bits per heavy atom. The van der Waals surface area contributed by atoms with Crippen molar-refractivity contribution in [2.75, 3.05) is 18.4 Å². The standard InChI is InChI=1S/C24H30N6O3S/c1-14(21-15(2)28-29(4)16(21)3)25-22(32)17-7-9-18(10-8-17)26-20(31)13-19-23(33)27-24(34-19)30-11-5-6-12-30/h7-10,14,19H,5-6,11-13H2,1-4H3,(H,25,32)(H,26,31). The summed E-state index contributed by atoms with van der Waals surface area (Å²) in [5, 5.41) is 10.5. The van der Waals surface area contributed by atoms with E-state index in [0.29, 0.717) is 11.3 Å². The minimum atomic E-state index is -0.485. The van der Waals surface area contributed by atoms with E-state index in [0.717, 1.165) is 48.1 Å². The molecule has 2 aliphatic rings. The van der Waals surface area contributed by atoms with Gasteiger partial charge >= 0.3 is 0 Å². The van der Waals surface area contributed by atoms with E-state index in [1.54, 1.807) is 24.3 Å². The fraction of sp³-hybridized carbons (Fsp3) is 0.458. The molecule has 9 nitrogen and oxygen atoms in total. The van der Waals surface area contributed by atoms with E-state index in [1.807, 2.05) is 32.5 Å². The first-order valence-electron chi connectivity index (χ1n) is 11.5. The van der Waals surface area contributed by atoms with Gasteiger partial charge in [-0.25, -0.2) is 0 Å². The van der Waals surface area contributed by atoms with E-state index in [1.165, 1.54) is 11.8 Å². The number of thioether (sulfide) groups is 1. The molecule has 0 radical (unpaired) electrons. The molecule has 10 heteroatoms. The molecule has 1 saturated heterocycles. The van der Waals surface area contributed by atoms with E-state index >= 15 is 0 Å². The minimum Gasteiger partial charge on any atom is -0.351 e. The topological polar surface area (TPSA) is 109 Å². The predicted octanol–water partition coefficient (Wildman–Crippen LogP) is 2.95. The number of aromatic nitrogens is 2. The minimum absolute atomic E-state index is 0.0634. The van der Waals surface area contributed by atoms with Crippen LogP contribution in [0.1, 0.15) is 59.5 Å². The lowest BCUT2D eigenvalue weighted by Gasteiger charge is -2.16. The molecular weight excluding hydrogens is 452 g/mol. The fourth-order valence-electron chi connectivity index (χ4n) is 4.41. The highest BCUT2D eigenvalue weighted by atomic mass is 32.2. The van der Waals surface area contributed by atoms with Crippen LogP contribution in [0.2, 0.25) is 0 Å². The molecule has 2 aliphatic heterocycles. The number of nitrogens with one attached hydrogen (secondary N) is 2. The SMILES string of the molecule is Cc1nn(C)c(C)c1C(C)NC(=O)c1ccc(NC(=O)CC2SC(N3CCCC3)=NC2=O)cc1. The summed E-state index contributed by atoms with van der Waals surface area (Å²) < 4.78 is 1.81. The summed E-state index contributed by atoms with van der Waals surface area (Å²) in [5.74, 6) is -0.702. The zero-order valence-corrected chi connectivity index (χ0v) is 20.7. The van der Waals surface area contributed by atoms with Gasteiger partial charge in [0.25, 0.3) is 11.8 Å². The molecule has 3 heterocycles. The van der Waals surface area contributed by atoms with E-state index in [2.05, 4.69) is 25.6 Å². The molecule has 2 unspecified atom stereocenters. The number of nitrogens with zero attached hydrogens (tertiary/aromatic N) is 4. The van der Waals surface area contributed by atoms with Crippen LogP contribution in [0.3, 0.4) is 0 Å². The van der Waals surface area contributed by atoms with Gasteiger partial charge in [-0.15, -0.1) is 0 Å². The first kappa shape index (κ1) is 24.0. The highest BCUT2D eigenvalue weighted by molar-refractivity contribution is 8.15. The van der Waals surface area contributed by atoms with E-state index in [9.17, 15) is 14.4 Å². The summed E-state index contributed by atoms with van der Waals surface area (Å²) >= 11 is 1.38. The second kappa shape index (κ2) is 10.0. The third-order valence-electron chi connectivity index (χ3n) is 6.25. The molecule has 2 aromatic rings. The van der Waals surface area contributed by atoms with Crippen LogP contribution in [0.15, 0.2) is 29.3 Å². The molecule has 34 heavy (non-hydrogen) atoms. The molecule has 2 atom stereocenters. The van der Waals surface area contributed by atoms with Crippen molar-refractivity contribution in [2.24, 2.45) is 12.0 Å². The summed E-state index contributed by atoms with van der Waals surface area (Å²) in [4.78, 5) is 43.7. The number of aryl methyl sites for hydroxylation is 2. The van der Waals surface area contributed by atoms with Crippen LogP contribution >= 0.6 is 11.8 Å². The van der Waals surface area contributed by atoms with Crippen LogP contribution < -0.4 is 10.6 Å². The van der Waals surface area contributed by atoms with Gasteiger partial charge in [0.05, 0.1) is 11.7 Å². The maximum absolute atomic E-state index is 12.7. The van der Waals surface area contributed by atoms with Gasteiger partial charge in [-0.05, 0) is 57.9 Å². The molecule has 3 amide bonds. The number of benzene rings is 1. The lowest BCUT2D eigenvalue weighted by Crippen LogP contribution is -2.27. The number of hydrogen-bond donors (Lipinski definition) is 2. The van der Waals surface area contributed by atoms with Crippen LogP contribution in [0.4, 0.5) is 5.69 Å². The Balaban J connectivity index is 1.30. The van der Waals surface area contributed by atoms with Crippen LogP contribution in [0, 0.1) is 13.8 Å². The number of amides is 3. The van der Waals surface area contributed by atoms with Crippen molar-refractivity contribution >= 4 is 40.3 Å². The Morgan fingerprint density at radius 1 is 1.18 bits per heavy atom. The quantitative estimate of drug-likeness (QED) is 0.655. The van der Waals surface area contributed by atoms with E-state index < -0.39 is 5.25 Å². The summed E-state index contributed by atoms with van der Waals surface area (Å²) in [6.07, 6.45) is 2.27. The second-order valence-electron chi connectivity index (χ2n) is 8.77. The van der Waals surface area contributed by atoms with Crippen LogP contribution in [0.5, 0.6) is 0 Å². The van der Waals surface area contributed by atoms with Gasteiger partial charge in [0.15, 0.2) is 5.17 Å². The summed E-state index contributed by atoms with van der Waals surface area (Å²) in [7, 11) is 1.88. The van der Waals surface area contributed by atoms with Crippen molar-refractivity contribution in [3.63, 3.8) is 0 Å². The Kier molecular flexibility index (Phi) is 7.06. The number of rotatable bonds is 6. The molecule has 1 fully saturated rings. The van der Waals surface area contributed by atoms with E-state index in [4.69, 9.17) is 0 Å².